The van der Waals surface area contributed by atoms with Crippen molar-refractivity contribution in [1.29, 1.82) is 0 Å². The van der Waals surface area contributed by atoms with Gasteiger partial charge in [-0.25, -0.2) is 0 Å². The molecule has 1 nitrogen and oxygen atoms in total. The fourth-order valence-corrected chi connectivity index (χ4v) is 5.93. The number of Topliss-reactive ketones (excluding diaryl/α,β-unsaturated/α-hetero) is 1. The lowest BCUT2D eigenvalue weighted by Gasteiger charge is -2.48. The molecule has 0 amide bonds. The Labute approximate surface area is 132 Å². The third-order valence-electron chi connectivity index (χ3n) is 6.78. The van der Waals surface area contributed by atoms with Crippen LogP contribution in [0.5, 0.6) is 0 Å². The summed E-state index contributed by atoms with van der Waals surface area (Å²) in [6.45, 7) is 4.44. The summed E-state index contributed by atoms with van der Waals surface area (Å²) in [4.78, 5) is 12.3. The molecule has 3 aliphatic rings. The lowest BCUT2D eigenvalue weighted by molar-refractivity contribution is -0.129. The van der Waals surface area contributed by atoms with Crippen LogP contribution in [0.4, 0.5) is 0 Å². The molecular formula is C19H23ClO. The van der Waals surface area contributed by atoms with Crippen LogP contribution in [0, 0.1) is 24.2 Å². The maximum Gasteiger partial charge on any atom is 0.139 e. The highest BCUT2D eigenvalue weighted by atomic mass is 35.5. The summed E-state index contributed by atoms with van der Waals surface area (Å²) in [7, 11) is 0. The molecule has 112 valence electrons. The van der Waals surface area contributed by atoms with E-state index in [0.717, 1.165) is 37.1 Å². The summed E-state index contributed by atoms with van der Waals surface area (Å²) in [5.74, 6) is 2.37. The van der Waals surface area contributed by atoms with Crippen molar-refractivity contribution in [2.24, 2.45) is 17.3 Å². The van der Waals surface area contributed by atoms with Gasteiger partial charge in [0.2, 0.25) is 0 Å². The van der Waals surface area contributed by atoms with E-state index in [1.54, 1.807) is 0 Å². The Kier molecular flexibility index (Phi) is 3.02. The van der Waals surface area contributed by atoms with E-state index in [1.807, 2.05) is 0 Å². The van der Waals surface area contributed by atoms with Gasteiger partial charge in [-0.15, -0.1) is 0 Å². The lowest BCUT2D eigenvalue weighted by atomic mass is 9.55. The van der Waals surface area contributed by atoms with Crippen LogP contribution in [0.25, 0.3) is 0 Å². The Morgan fingerprint density at radius 2 is 2.00 bits per heavy atom. The van der Waals surface area contributed by atoms with Crippen LogP contribution in [-0.2, 0) is 11.2 Å². The van der Waals surface area contributed by atoms with Gasteiger partial charge >= 0.3 is 0 Å². The summed E-state index contributed by atoms with van der Waals surface area (Å²) in [5, 5.41) is 0.957. The Morgan fingerprint density at radius 3 is 2.81 bits per heavy atom. The molecule has 1 aromatic carbocycles. The number of fused-ring (bicyclic) bond motifs is 5. The highest BCUT2D eigenvalue weighted by molar-refractivity contribution is 6.31. The number of ketones is 1. The molecule has 0 unspecified atom stereocenters. The van der Waals surface area contributed by atoms with Gasteiger partial charge in [-0.1, -0.05) is 24.6 Å². The summed E-state index contributed by atoms with van der Waals surface area (Å²) in [6, 6.07) is 4.24. The smallest absolute Gasteiger partial charge is 0.139 e. The minimum atomic E-state index is -0.0328. The Bertz CT molecular complexity index is 620. The average Bonchev–Trinajstić information content (AvgIpc) is 2.78. The van der Waals surface area contributed by atoms with E-state index in [4.69, 9.17) is 11.6 Å². The molecule has 4 rings (SSSR count). The number of aryl methyl sites for hydroxylation is 1. The number of rotatable bonds is 0. The fourth-order valence-electron chi connectivity index (χ4n) is 5.61. The standard InChI is InChI=1S/C19H23ClO/c1-11-3-7-16(20)18-12(11)4-5-13-14(18)9-10-19(2)15(13)6-8-17(19)21/h3,7,13-15H,4-6,8-10H2,1-2H3/t13-,14+,15+,19+/m1/s1. The number of halogens is 1. The maximum absolute atomic E-state index is 12.3. The lowest BCUT2D eigenvalue weighted by Crippen LogP contribution is -2.42. The van der Waals surface area contributed by atoms with E-state index in [1.165, 1.54) is 23.1 Å². The topological polar surface area (TPSA) is 17.1 Å². The molecule has 0 heterocycles. The van der Waals surface area contributed by atoms with Crippen molar-refractivity contribution in [3.8, 4) is 0 Å². The highest BCUT2D eigenvalue weighted by Crippen LogP contribution is 2.60. The molecule has 4 atom stereocenters. The average molecular weight is 303 g/mol. The molecule has 0 radical (unpaired) electrons. The van der Waals surface area contributed by atoms with Crippen LogP contribution in [0.1, 0.15) is 61.6 Å². The normalized spacial score (nSPS) is 37.9. The first-order valence-electron chi connectivity index (χ1n) is 8.33. The van der Waals surface area contributed by atoms with Crippen molar-refractivity contribution < 1.29 is 4.79 Å². The van der Waals surface area contributed by atoms with E-state index < -0.39 is 0 Å². The molecule has 0 aliphatic heterocycles. The first-order chi connectivity index (χ1) is 10.0. The second-order valence-corrected chi connectivity index (χ2v) is 8.00. The van der Waals surface area contributed by atoms with Gasteiger partial charge in [-0.2, -0.15) is 0 Å². The van der Waals surface area contributed by atoms with Crippen LogP contribution >= 0.6 is 11.6 Å². The predicted octanol–water partition coefficient (Wildman–Crippen LogP) is 5.07. The third-order valence-corrected chi connectivity index (χ3v) is 7.11. The summed E-state index contributed by atoms with van der Waals surface area (Å²) in [5.41, 5.74) is 4.28. The molecule has 2 fully saturated rings. The number of carbonyl (C=O) groups excluding carboxylic acids is 1. The van der Waals surface area contributed by atoms with Gasteiger partial charge in [0.15, 0.2) is 0 Å². The van der Waals surface area contributed by atoms with E-state index >= 15 is 0 Å². The molecule has 0 saturated heterocycles. The van der Waals surface area contributed by atoms with E-state index in [9.17, 15) is 4.79 Å². The van der Waals surface area contributed by atoms with Crippen molar-refractivity contribution >= 4 is 17.4 Å². The molecule has 2 heteroatoms. The van der Waals surface area contributed by atoms with Gasteiger partial charge in [0, 0.05) is 16.9 Å². The minimum Gasteiger partial charge on any atom is -0.299 e. The molecule has 1 aromatic rings. The van der Waals surface area contributed by atoms with Crippen LogP contribution in [-0.4, -0.2) is 5.78 Å². The molecule has 0 N–H and O–H groups in total. The van der Waals surface area contributed by atoms with Crippen molar-refractivity contribution in [3.63, 3.8) is 0 Å². The highest BCUT2D eigenvalue weighted by Gasteiger charge is 2.54. The van der Waals surface area contributed by atoms with Crippen LogP contribution < -0.4 is 0 Å². The van der Waals surface area contributed by atoms with Crippen molar-refractivity contribution in [1.82, 2.24) is 0 Å². The second-order valence-electron chi connectivity index (χ2n) is 7.59. The molecular weight excluding hydrogens is 280 g/mol. The second kappa shape index (κ2) is 4.59. The van der Waals surface area contributed by atoms with Gasteiger partial charge in [-0.05, 0) is 79.5 Å². The Balaban J connectivity index is 1.79. The van der Waals surface area contributed by atoms with Gasteiger partial charge in [0.05, 0.1) is 0 Å². The van der Waals surface area contributed by atoms with Gasteiger partial charge in [0.1, 0.15) is 5.78 Å². The quantitative estimate of drug-likeness (QED) is 0.653. The molecule has 0 spiro atoms. The zero-order valence-electron chi connectivity index (χ0n) is 12.9. The van der Waals surface area contributed by atoms with Gasteiger partial charge in [-0.3, -0.25) is 4.79 Å². The fraction of sp³-hybridized carbons (Fsp3) is 0.632. The number of carbonyl (C=O) groups is 1. The predicted molar refractivity (Wildman–Crippen MR) is 85.8 cm³/mol. The SMILES string of the molecule is Cc1ccc(Cl)c2c1CC[C@@H]1[C@@H]2CC[C@]2(C)C(=O)CC[C@@H]12. The number of benzene rings is 1. The Morgan fingerprint density at radius 1 is 1.19 bits per heavy atom. The Hall–Kier alpha value is -0.820. The zero-order valence-corrected chi connectivity index (χ0v) is 13.7. The first-order valence-corrected chi connectivity index (χ1v) is 8.71. The van der Waals surface area contributed by atoms with Crippen LogP contribution in [0.15, 0.2) is 12.1 Å². The van der Waals surface area contributed by atoms with Gasteiger partial charge in [0.25, 0.3) is 0 Å². The van der Waals surface area contributed by atoms with Gasteiger partial charge < -0.3 is 0 Å². The molecule has 0 aromatic heterocycles. The van der Waals surface area contributed by atoms with Crippen molar-refractivity contribution in [2.45, 2.75) is 58.3 Å². The van der Waals surface area contributed by atoms with Crippen LogP contribution in [0.3, 0.4) is 0 Å². The van der Waals surface area contributed by atoms with E-state index in [0.29, 0.717) is 23.5 Å². The van der Waals surface area contributed by atoms with Crippen molar-refractivity contribution in [2.75, 3.05) is 0 Å². The third kappa shape index (κ3) is 1.79. The summed E-state index contributed by atoms with van der Waals surface area (Å²) < 4.78 is 0. The maximum atomic E-state index is 12.3. The first kappa shape index (κ1) is 13.8. The summed E-state index contributed by atoms with van der Waals surface area (Å²) in [6.07, 6.45) is 6.49. The molecule has 2 saturated carbocycles. The number of hydrogen-bond donors (Lipinski definition) is 0. The van der Waals surface area contributed by atoms with E-state index in [-0.39, 0.29) is 5.41 Å². The van der Waals surface area contributed by atoms with Crippen LogP contribution in [0.2, 0.25) is 5.02 Å². The largest absolute Gasteiger partial charge is 0.299 e. The molecule has 0 bridgehead atoms. The minimum absolute atomic E-state index is 0.0328. The molecule has 21 heavy (non-hydrogen) atoms. The number of hydrogen-bond acceptors (Lipinski definition) is 1. The van der Waals surface area contributed by atoms with E-state index in [2.05, 4.69) is 26.0 Å². The van der Waals surface area contributed by atoms with Crippen molar-refractivity contribution in [3.05, 3.63) is 33.8 Å². The zero-order chi connectivity index (χ0) is 14.8. The molecule has 3 aliphatic carbocycles. The summed E-state index contributed by atoms with van der Waals surface area (Å²) >= 11 is 6.57. The monoisotopic (exact) mass is 302 g/mol.